The van der Waals surface area contributed by atoms with E-state index < -0.39 is 0 Å². The summed E-state index contributed by atoms with van der Waals surface area (Å²) in [6.45, 7) is 3.56. The van der Waals surface area contributed by atoms with Crippen molar-refractivity contribution in [2.75, 3.05) is 26.2 Å². The van der Waals surface area contributed by atoms with Gasteiger partial charge in [0.1, 0.15) is 0 Å². The van der Waals surface area contributed by atoms with Gasteiger partial charge < -0.3 is 4.74 Å². The molecule has 2 saturated heterocycles. The molecule has 1 spiro atoms. The van der Waals surface area contributed by atoms with Crippen LogP contribution in [0.15, 0.2) is 36.4 Å². The molecule has 1 aromatic carbocycles. The molecule has 106 valence electrons. The van der Waals surface area contributed by atoms with Crippen LogP contribution >= 0.6 is 0 Å². The summed E-state index contributed by atoms with van der Waals surface area (Å²) in [5, 5.41) is 0. The van der Waals surface area contributed by atoms with E-state index in [2.05, 4.69) is 41.3 Å². The number of piperidine rings is 1. The zero-order chi connectivity index (χ0) is 13.8. The molecule has 0 bridgehead atoms. The second-order valence-corrected chi connectivity index (χ2v) is 5.78. The lowest BCUT2D eigenvalue weighted by Crippen LogP contribution is -2.42. The van der Waals surface area contributed by atoms with E-state index in [1.165, 1.54) is 5.56 Å². The van der Waals surface area contributed by atoms with E-state index >= 15 is 0 Å². The largest absolute Gasteiger partial charge is 0.465 e. The molecule has 20 heavy (non-hydrogen) atoms. The summed E-state index contributed by atoms with van der Waals surface area (Å²) in [7, 11) is 0. The summed E-state index contributed by atoms with van der Waals surface area (Å²) in [5.41, 5.74) is 1.08. The lowest BCUT2D eigenvalue weighted by molar-refractivity contribution is -0.148. The Morgan fingerprint density at radius 3 is 2.55 bits per heavy atom. The average Bonchev–Trinajstić information content (AvgIpc) is 2.84. The standard InChI is InChI=1S/C17H21NO2/c19-16-17(10-14-20-16)8-12-18(13-9-17)11-4-7-15-5-2-1-3-6-15/h1-7H,8-14H2/b7-4+. The fourth-order valence-electron chi connectivity index (χ4n) is 3.11. The second-order valence-electron chi connectivity index (χ2n) is 5.78. The monoisotopic (exact) mass is 271 g/mol. The van der Waals surface area contributed by atoms with Crippen molar-refractivity contribution in [1.82, 2.24) is 4.90 Å². The van der Waals surface area contributed by atoms with Crippen molar-refractivity contribution < 1.29 is 9.53 Å². The van der Waals surface area contributed by atoms with Gasteiger partial charge in [-0.2, -0.15) is 0 Å². The maximum atomic E-state index is 11.8. The SMILES string of the molecule is O=C1OCCC12CCN(C/C=C/c1ccccc1)CC2. The Balaban J connectivity index is 1.49. The number of benzene rings is 1. The van der Waals surface area contributed by atoms with Gasteiger partial charge in [-0.15, -0.1) is 0 Å². The van der Waals surface area contributed by atoms with Crippen LogP contribution < -0.4 is 0 Å². The van der Waals surface area contributed by atoms with E-state index in [-0.39, 0.29) is 11.4 Å². The number of hydrogen-bond acceptors (Lipinski definition) is 3. The van der Waals surface area contributed by atoms with Crippen LogP contribution in [0, 0.1) is 5.41 Å². The quantitative estimate of drug-likeness (QED) is 0.792. The van der Waals surface area contributed by atoms with Crippen LogP contribution in [0.25, 0.3) is 6.08 Å². The molecule has 0 aromatic heterocycles. The molecule has 3 nitrogen and oxygen atoms in total. The van der Waals surface area contributed by atoms with Crippen molar-refractivity contribution in [1.29, 1.82) is 0 Å². The third kappa shape index (κ3) is 2.78. The van der Waals surface area contributed by atoms with Gasteiger partial charge in [0.2, 0.25) is 0 Å². The van der Waals surface area contributed by atoms with Gasteiger partial charge in [0.05, 0.1) is 12.0 Å². The first kappa shape index (κ1) is 13.4. The summed E-state index contributed by atoms with van der Waals surface area (Å²) in [6.07, 6.45) is 7.18. The molecule has 2 aliphatic rings. The Bertz CT molecular complexity index is 487. The number of carbonyl (C=O) groups excluding carboxylic acids is 1. The molecule has 0 amide bonds. The second kappa shape index (κ2) is 5.80. The highest BCUT2D eigenvalue weighted by Crippen LogP contribution is 2.40. The fraction of sp³-hybridized carbons (Fsp3) is 0.471. The van der Waals surface area contributed by atoms with Gasteiger partial charge in [0.15, 0.2) is 0 Å². The van der Waals surface area contributed by atoms with Crippen molar-refractivity contribution in [3.8, 4) is 0 Å². The molecule has 0 radical (unpaired) electrons. The van der Waals surface area contributed by atoms with Gasteiger partial charge in [-0.25, -0.2) is 0 Å². The number of cyclic esters (lactones) is 1. The molecular formula is C17H21NO2. The summed E-state index contributed by atoms with van der Waals surface area (Å²) < 4.78 is 5.15. The molecule has 0 unspecified atom stereocenters. The first-order valence-corrected chi connectivity index (χ1v) is 7.40. The van der Waals surface area contributed by atoms with Gasteiger partial charge in [0.25, 0.3) is 0 Å². The highest BCUT2D eigenvalue weighted by atomic mass is 16.5. The van der Waals surface area contributed by atoms with Gasteiger partial charge >= 0.3 is 5.97 Å². The summed E-state index contributed by atoms with van der Waals surface area (Å²) in [4.78, 5) is 14.2. The van der Waals surface area contributed by atoms with Crippen LogP contribution in [0.2, 0.25) is 0 Å². The summed E-state index contributed by atoms with van der Waals surface area (Å²) in [5.74, 6) is 0.0389. The number of ether oxygens (including phenoxy) is 1. The molecular weight excluding hydrogens is 250 g/mol. The van der Waals surface area contributed by atoms with Crippen molar-refractivity contribution in [2.24, 2.45) is 5.41 Å². The van der Waals surface area contributed by atoms with Crippen LogP contribution in [0.4, 0.5) is 0 Å². The van der Waals surface area contributed by atoms with Crippen LogP contribution in [0.5, 0.6) is 0 Å². The average molecular weight is 271 g/mol. The number of carbonyl (C=O) groups is 1. The van der Waals surface area contributed by atoms with E-state index in [0.29, 0.717) is 6.61 Å². The Kier molecular flexibility index (Phi) is 3.88. The van der Waals surface area contributed by atoms with Crippen molar-refractivity contribution >= 4 is 12.0 Å². The first-order valence-electron chi connectivity index (χ1n) is 7.40. The number of nitrogens with zero attached hydrogens (tertiary/aromatic N) is 1. The maximum absolute atomic E-state index is 11.8. The predicted molar refractivity (Wildman–Crippen MR) is 79.2 cm³/mol. The highest BCUT2D eigenvalue weighted by molar-refractivity contribution is 5.78. The minimum absolute atomic E-state index is 0.0389. The molecule has 2 aliphatic heterocycles. The zero-order valence-corrected chi connectivity index (χ0v) is 11.8. The van der Waals surface area contributed by atoms with E-state index in [1.54, 1.807) is 0 Å². The van der Waals surface area contributed by atoms with Gasteiger partial charge in [-0.3, -0.25) is 9.69 Å². The van der Waals surface area contributed by atoms with Crippen LogP contribution in [0.1, 0.15) is 24.8 Å². The topological polar surface area (TPSA) is 29.5 Å². The number of likely N-dealkylation sites (tertiary alicyclic amines) is 1. The Labute approximate surface area is 120 Å². The van der Waals surface area contributed by atoms with Crippen molar-refractivity contribution in [2.45, 2.75) is 19.3 Å². The molecule has 2 heterocycles. The van der Waals surface area contributed by atoms with Crippen LogP contribution in [-0.4, -0.2) is 37.1 Å². The van der Waals surface area contributed by atoms with Gasteiger partial charge in [-0.05, 0) is 37.9 Å². The van der Waals surface area contributed by atoms with Gasteiger partial charge in [-0.1, -0.05) is 42.5 Å². The molecule has 1 aromatic rings. The molecule has 3 heteroatoms. The number of hydrogen-bond donors (Lipinski definition) is 0. The number of esters is 1. The predicted octanol–water partition coefficient (Wildman–Crippen LogP) is 2.73. The van der Waals surface area contributed by atoms with E-state index in [0.717, 1.165) is 38.9 Å². The highest BCUT2D eigenvalue weighted by Gasteiger charge is 2.46. The Hall–Kier alpha value is -1.61. The normalized spacial score (nSPS) is 22.5. The first-order chi connectivity index (χ1) is 9.78. The molecule has 0 atom stereocenters. The Morgan fingerprint density at radius 2 is 1.90 bits per heavy atom. The maximum Gasteiger partial charge on any atom is 0.312 e. The number of rotatable bonds is 3. The minimum Gasteiger partial charge on any atom is -0.465 e. The smallest absolute Gasteiger partial charge is 0.312 e. The molecule has 0 saturated carbocycles. The van der Waals surface area contributed by atoms with Crippen LogP contribution in [0.3, 0.4) is 0 Å². The van der Waals surface area contributed by atoms with E-state index in [4.69, 9.17) is 4.74 Å². The lowest BCUT2D eigenvalue weighted by Gasteiger charge is -2.35. The third-order valence-electron chi connectivity index (χ3n) is 4.53. The van der Waals surface area contributed by atoms with Gasteiger partial charge in [0, 0.05) is 6.54 Å². The minimum atomic E-state index is -0.153. The Morgan fingerprint density at radius 1 is 1.15 bits per heavy atom. The van der Waals surface area contributed by atoms with E-state index in [1.807, 2.05) is 6.07 Å². The summed E-state index contributed by atoms with van der Waals surface area (Å²) in [6, 6.07) is 10.3. The molecule has 0 aliphatic carbocycles. The molecule has 3 rings (SSSR count). The van der Waals surface area contributed by atoms with Crippen molar-refractivity contribution in [3.63, 3.8) is 0 Å². The third-order valence-corrected chi connectivity index (χ3v) is 4.53. The molecule has 0 N–H and O–H groups in total. The zero-order valence-electron chi connectivity index (χ0n) is 11.8. The lowest BCUT2D eigenvalue weighted by atomic mass is 9.77. The van der Waals surface area contributed by atoms with Crippen molar-refractivity contribution in [3.05, 3.63) is 42.0 Å². The molecule has 2 fully saturated rings. The summed E-state index contributed by atoms with van der Waals surface area (Å²) >= 11 is 0. The van der Waals surface area contributed by atoms with E-state index in [9.17, 15) is 4.79 Å². The van der Waals surface area contributed by atoms with Crippen LogP contribution in [-0.2, 0) is 9.53 Å². The fourth-order valence-corrected chi connectivity index (χ4v) is 3.11.